The van der Waals surface area contributed by atoms with E-state index >= 15 is 0 Å². The van der Waals surface area contributed by atoms with Crippen molar-refractivity contribution in [3.8, 4) is 0 Å². The predicted molar refractivity (Wildman–Crippen MR) is 81.1 cm³/mol. The Balaban J connectivity index is 1.79. The van der Waals surface area contributed by atoms with Crippen molar-refractivity contribution in [3.05, 3.63) is 29.0 Å². The molecule has 1 N–H and O–H groups in total. The second-order valence-electron chi connectivity index (χ2n) is 5.29. The van der Waals surface area contributed by atoms with Crippen molar-refractivity contribution >= 4 is 17.5 Å². The van der Waals surface area contributed by atoms with Gasteiger partial charge in [0.2, 0.25) is 0 Å². The van der Waals surface area contributed by atoms with Crippen LogP contribution in [0.1, 0.15) is 43.1 Å². The highest BCUT2D eigenvalue weighted by Crippen LogP contribution is 2.12. The van der Waals surface area contributed by atoms with Crippen LogP contribution in [0.25, 0.3) is 0 Å². The molecule has 1 aliphatic rings. The quantitative estimate of drug-likeness (QED) is 0.850. The van der Waals surface area contributed by atoms with Gasteiger partial charge in [0.15, 0.2) is 0 Å². The van der Waals surface area contributed by atoms with Crippen LogP contribution in [-0.4, -0.2) is 41.5 Å². The first kappa shape index (κ1) is 15.3. The summed E-state index contributed by atoms with van der Waals surface area (Å²) in [5, 5.41) is 3.41. The van der Waals surface area contributed by atoms with E-state index in [-0.39, 0.29) is 11.9 Å². The molecule has 4 nitrogen and oxygen atoms in total. The fraction of sp³-hybridized carbons (Fsp3) is 0.600. The Morgan fingerprint density at radius 2 is 2.20 bits per heavy atom. The first-order valence-corrected chi connectivity index (χ1v) is 7.72. The van der Waals surface area contributed by atoms with Crippen molar-refractivity contribution in [1.29, 1.82) is 0 Å². The molecule has 0 saturated carbocycles. The van der Waals surface area contributed by atoms with Crippen LogP contribution in [0.2, 0.25) is 5.15 Å². The summed E-state index contributed by atoms with van der Waals surface area (Å²) in [7, 11) is 0. The predicted octanol–water partition coefficient (Wildman–Crippen LogP) is 2.73. The summed E-state index contributed by atoms with van der Waals surface area (Å²) < 4.78 is 0. The third kappa shape index (κ3) is 4.46. The van der Waals surface area contributed by atoms with E-state index in [1.807, 2.05) is 0 Å². The van der Waals surface area contributed by atoms with Gasteiger partial charge >= 0.3 is 0 Å². The van der Waals surface area contributed by atoms with Gasteiger partial charge in [0.1, 0.15) is 10.8 Å². The van der Waals surface area contributed by atoms with E-state index < -0.39 is 0 Å². The molecule has 0 aliphatic carbocycles. The number of amides is 1. The van der Waals surface area contributed by atoms with Crippen molar-refractivity contribution < 1.29 is 4.79 Å². The van der Waals surface area contributed by atoms with Gasteiger partial charge in [-0.3, -0.25) is 4.79 Å². The average molecular weight is 296 g/mol. The number of piperidine rings is 1. The molecular formula is C15H22ClN3O. The molecule has 1 saturated heterocycles. The van der Waals surface area contributed by atoms with Crippen LogP contribution >= 0.6 is 11.6 Å². The lowest BCUT2D eigenvalue weighted by molar-refractivity contribution is 0.0906. The third-order valence-electron chi connectivity index (χ3n) is 3.70. The van der Waals surface area contributed by atoms with E-state index in [1.54, 1.807) is 18.2 Å². The molecule has 2 rings (SSSR count). The molecule has 0 spiro atoms. The number of carbonyl (C=O) groups excluding carboxylic acids is 1. The van der Waals surface area contributed by atoms with Crippen LogP contribution in [0.5, 0.6) is 0 Å². The number of hydrogen-bond donors (Lipinski definition) is 1. The smallest absolute Gasteiger partial charge is 0.270 e. The highest BCUT2D eigenvalue weighted by Gasteiger charge is 2.21. The van der Waals surface area contributed by atoms with Gasteiger partial charge in [-0.25, -0.2) is 4.98 Å². The van der Waals surface area contributed by atoms with Gasteiger partial charge in [0.25, 0.3) is 5.91 Å². The van der Waals surface area contributed by atoms with Crippen LogP contribution in [0.3, 0.4) is 0 Å². The van der Waals surface area contributed by atoms with Crippen molar-refractivity contribution in [2.24, 2.45) is 0 Å². The minimum absolute atomic E-state index is 0.125. The van der Waals surface area contributed by atoms with Gasteiger partial charge in [-0.2, -0.15) is 0 Å². The van der Waals surface area contributed by atoms with E-state index in [9.17, 15) is 4.79 Å². The topological polar surface area (TPSA) is 45.2 Å². The molecule has 1 amide bonds. The van der Waals surface area contributed by atoms with Gasteiger partial charge in [-0.15, -0.1) is 0 Å². The van der Waals surface area contributed by atoms with Gasteiger partial charge in [-0.1, -0.05) is 31.0 Å². The molecule has 1 aromatic heterocycles. The zero-order chi connectivity index (χ0) is 14.4. The van der Waals surface area contributed by atoms with Crippen LogP contribution in [-0.2, 0) is 0 Å². The Kier molecular flexibility index (Phi) is 5.80. The maximum Gasteiger partial charge on any atom is 0.270 e. The monoisotopic (exact) mass is 295 g/mol. The van der Waals surface area contributed by atoms with E-state index in [4.69, 9.17) is 11.6 Å². The van der Waals surface area contributed by atoms with Crippen LogP contribution in [0.15, 0.2) is 18.2 Å². The molecule has 0 unspecified atom stereocenters. The molecule has 20 heavy (non-hydrogen) atoms. The Bertz CT molecular complexity index is 444. The molecule has 1 fully saturated rings. The maximum absolute atomic E-state index is 12.1. The van der Waals surface area contributed by atoms with Crippen molar-refractivity contribution in [3.63, 3.8) is 0 Å². The van der Waals surface area contributed by atoms with Crippen molar-refractivity contribution in [2.45, 2.75) is 38.6 Å². The standard InChI is InChI=1S/C15H22ClN3O/c1-2-3-9-19-10-7-12(8-11-19)17-15(20)13-5-4-6-14(16)18-13/h4-6,12H,2-3,7-11H2,1H3,(H,17,20). The van der Waals surface area contributed by atoms with E-state index in [1.165, 1.54) is 19.4 Å². The fourth-order valence-corrected chi connectivity index (χ4v) is 2.64. The molecule has 1 aromatic rings. The van der Waals surface area contributed by atoms with E-state index in [0.29, 0.717) is 10.8 Å². The minimum atomic E-state index is -0.125. The third-order valence-corrected chi connectivity index (χ3v) is 3.91. The number of halogens is 1. The number of hydrogen-bond acceptors (Lipinski definition) is 3. The number of likely N-dealkylation sites (tertiary alicyclic amines) is 1. The van der Waals surface area contributed by atoms with Gasteiger partial charge in [-0.05, 0) is 37.9 Å². The summed E-state index contributed by atoms with van der Waals surface area (Å²) >= 11 is 5.80. The van der Waals surface area contributed by atoms with Crippen LogP contribution in [0.4, 0.5) is 0 Å². The molecule has 1 aliphatic heterocycles. The highest BCUT2D eigenvalue weighted by atomic mass is 35.5. The second kappa shape index (κ2) is 7.60. The summed E-state index contributed by atoms with van der Waals surface area (Å²) in [6.07, 6.45) is 4.51. The van der Waals surface area contributed by atoms with Crippen LogP contribution in [0, 0.1) is 0 Å². The molecule has 110 valence electrons. The Hall–Kier alpha value is -1.13. The lowest BCUT2D eigenvalue weighted by atomic mass is 10.0. The second-order valence-corrected chi connectivity index (χ2v) is 5.68. The van der Waals surface area contributed by atoms with Crippen molar-refractivity contribution in [2.75, 3.05) is 19.6 Å². The van der Waals surface area contributed by atoms with Gasteiger partial charge in [0, 0.05) is 19.1 Å². The Labute approximate surface area is 125 Å². The van der Waals surface area contributed by atoms with Gasteiger partial charge < -0.3 is 10.2 Å². The van der Waals surface area contributed by atoms with Gasteiger partial charge in [0.05, 0.1) is 0 Å². The summed E-state index contributed by atoms with van der Waals surface area (Å²) in [5.41, 5.74) is 0.394. The molecule has 5 heteroatoms. The summed E-state index contributed by atoms with van der Waals surface area (Å²) in [6.45, 7) is 5.51. The largest absolute Gasteiger partial charge is 0.348 e. The average Bonchev–Trinajstić information content (AvgIpc) is 2.46. The number of nitrogens with zero attached hydrogens (tertiary/aromatic N) is 2. The molecular weight excluding hydrogens is 274 g/mol. The zero-order valence-corrected chi connectivity index (χ0v) is 12.7. The number of nitrogens with one attached hydrogen (secondary N) is 1. The summed E-state index contributed by atoms with van der Waals surface area (Å²) in [5.74, 6) is -0.125. The van der Waals surface area contributed by atoms with Crippen molar-refractivity contribution in [1.82, 2.24) is 15.2 Å². The molecule has 0 bridgehead atoms. The first-order valence-electron chi connectivity index (χ1n) is 7.35. The molecule has 0 atom stereocenters. The molecule has 0 radical (unpaired) electrons. The van der Waals surface area contributed by atoms with E-state index in [0.717, 1.165) is 25.9 Å². The number of pyridine rings is 1. The number of aromatic nitrogens is 1. The summed E-state index contributed by atoms with van der Waals surface area (Å²) in [4.78, 5) is 18.6. The first-order chi connectivity index (χ1) is 9.69. The minimum Gasteiger partial charge on any atom is -0.348 e. The summed E-state index contributed by atoms with van der Waals surface area (Å²) in [6, 6.07) is 5.36. The normalized spacial score (nSPS) is 17.1. The molecule has 0 aromatic carbocycles. The number of rotatable bonds is 5. The highest BCUT2D eigenvalue weighted by molar-refractivity contribution is 6.29. The van der Waals surface area contributed by atoms with Crippen LogP contribution < -0.4 is 5.32 Å². The lowest BCUT2D eigenvalue weighted by Crippen LogP contribution is -2.45. The molecule has 2 heterocycles. The fourth-order valence-electron chi connectivity index (χ4n) is 2.48. The lowest BCUT2D eigenvalue weighted by Gasteiger charge is -2.32. The number of unbranched alkanes of at least 4 members (excludes halogenated alkanes) is 1. The zero-order valence-electron chi connectivity index (χ0n) is 11.9. The number of carbonyl (C=O) groups is 1. The Morgan fingerprint density at radius 1 is 1.45 bits per heavy atom. The SMILES string of the molecule is CCCCN1CCC(NC(=O)c2cccc(Cl)n2)CC1. The maximum atomic E-state index is 12.1. The van der Waals surface area contributed by atoms with E-state index in [2.05, 4.69) is 22.1 Å². The Morgan fingerprint density at radius 3 is 2.85 bits per heavy atom.